The molecule has 0 aliphatic carbocycles. The van der Waals surface area contributed by atoms with Gasteiger partial charge in [-0.2, -0.15) is 16.4 Å². The number of amides is 1. The number of aromatic nitrogens is 2. The van der Waals surface area contributed by atoms with Gasteiger partial charge in [0.1, 0.15) is 0 Å². The summed E-state index contributed by atoms with van der Waals surface area (Å²) in [5.74, 6) is -0.0284. The summed E-state index contributed by atoms with van der Waals surface area (Å²) in [7, 11) is 0. The Hall–Kier alpha value is -1.62. The van der Waals surface area contributed by atoms with Crippen molar-refractivity contribution < 1.29 is 4.79 Å². The number of thiophene rings is 1. The molecule has 0 aliphatic heterocycles. The van der Waals surface area contributed by atoms with Crippen LogP contribution >= 0.6 is 11.3 Å². The van der Waals surface area contributed by atoms with E-state index in [1.165, 1.54) is 0 Å². The van der Waals surface area contributed by atoms with Crippen molar-refractivity contribution >= 4 is 17.2 Å². The molecule has 2 aromatic rings. The lowest BCUT2D eigenvalue weighted by Gasteiger charge is -2.03. The molecule has 0 aromatic carbocycles. The van der Waals surface area contributed by atoms with Crippen LogP contribution in [0.2, 0.25) is 0 Å². The first kappa shape index (κ1) is 10.9. The van der Waals surface area contributed by atoms with Crippen LogP contribution in [0.1, 0.15) is 27.2 Å². The van der Waals surface area contributed by atoms with Gasteiger partial charge in [0.05, 0.1) is 11.8 Å². The number of nitrogens with one attached hydrogen (secondary N) is 2. The van der Waals surface area contributed by atoms with Crippen molar-refractivity contribution in [2.75, 3.05) is 0 Å². The van der Waals surface area contributed by atoms with Crippen molar-refractivity contribution in [3.63, 3.8) is 0 Å². The zero-order chi connectivity index (χ0) is 11.5. The van der Waals surface area contributed by atoms with E-state index in [-0.39, 0.29) is 5.91 Å². The van der Waals surface area contributed by atoms with Crippen molar-refractivity contribution in [3.8, 4) is 0 Å². The number of nitrogens with zero attached hydrogens (tertiary/aromatic N) is 1. The number of hydrogen-bond donors (Lipinski definition) is 2. The minimum atomic E-state index is -0.0284. The molecule has 0 radical (unpaired) electrons. The number of aromatic amines is 1. The van der Waals surface area contributed by atoms with E-state index in [0.29, 0.717) is 6.54 Å². The number of aryl methyl sites for hydroxylation is 2. The van der Waals surface area contributed by atoms with E-state index >= 15 is 0 Å². The maximum atomic E-state index is 11.8. The summed E-state index contributed by atoms with van der Waals surface area (Å²) in [6, 6.07) is 0. The fraction of sp³-hybridized carbons (Fsp3) is 0.273. The molecule has 0 saturated heterocycles. The Morgan fingerprint density at radius 3 is 2.88 bits per heavy atom. The van der Waals surface area contributed by atoms with Gasteiger partial charge in [0.25, 0.3) is 5.91 Å². The molecule has 0 atom stereocenters. The topological polar surface area (TPSA) is 57.8 Å². The zero-order valence-electron chi connectivity index (χ0n) is 9.20. The molecule has 1 amide bonds. The van der Waals surface area contributed by atoms with Crippen molar-refractivity contribution in [1.29, 1.82) is 0 Å². The van der Waals surface area contributed by atoms with Gasteiger partial charge in [-0.1, -0.05) is 0 Å². The van der Waals surface area contributed by atoms with Gasteiger partial charge < -0.3 is 5.32 Å². The molecule has 2 aromatic heterocycles. The predicted molar refractivity (Wildman–Crippen MR) is 63.6 cm³/mol. The van der Waals surface area contributed by atoms with Crippen LogP contribution in [0.4, 0.5) is 0 Å². The monoisotopic (exact) mass is 235 g/mol. The highest BCUT2D eigenvalue weighted by atomic mass is 32.1. The van der Waals surface area contributed by atoms with Gasteiger partial charge in [-0.25, -0.2) is 0 Å². The smallest absolute Gasteiger partial charge is 0.252 e. The number of carbonyl (C=O) groups excluding carboxylic acids is 1. The predicted octanol–water partition coefficient (Wildman–Crippen LogP) is 2.02. The fourth-order valence-electron chi connectivity index (χ4n) is 1.42. The van der Waals surface area contributed by atoms with Crippen molar-refractivity contribution in [2.24, 2.45) is 0 Å². The first-order chi connectivity index (χ1) is 7.68. The Bertz CT molecular complexity index is 501. The molecule has 2 N–H and O–H groups in total. The molecular formula is C11H13N3OS. The zero-order valence-corrected chi connectivity index (χ0v) is 10.0. The van der Waals surface area contributed by atoms with Crippen molar-refractivity contribution in [2.45, 2.75) is 20.4 Å². The van der Waals surface area contributed by atoms with Crippen LogP contribution in [-0.4, -0.2) is 16.1 Å². The Balaban J connectivity index is 1.99. The summed E-state index contributed by atoms with van der Waals surface area (Å²) in [5.41, 5.74) is 3.78. The van der Waals surface area contributed by atoms with E-state index < -0.39 is 0 Å². The highest BCUT2D eigenvalue weighted by molar-refractivity contribution is 7.08. The molecule has 2 heterocycles. The highest BCUT2D eigenvalue weighted by Crippen LogP contribution is 2.13. The molecular weight excluding hydrogens is 222 g/mol. The van der Waals surface area contributed by atoms with Gasteiger partial charge in [0.2, 0.25) is 0 Å². The van der Waals surface area contributed by atoms with Crippen LogP contribution < -0.4 is 5.32 Å². The van der Waals surface area contributed by atoms with E-state index in [9.17, 15) is 4.79 Å². The number of H-pyrrole nitrogens is 1. The quantitative estimate of drug-likeness (QED) is 0.855. The van der Waals surface area contributed by atoms with Crippen LogP contribution in [0.3, 0.4) is 0 Å². The first-order valence-corrected chi connectivity index (χ1v) is 5.92. The third kappa shape index (κ3) is 2.14. The molecule has 0 spiro atoms. The molecule has 0 aliphatic rings. The van der Waals surface area contributed by atoms with E-state index in [4.69, 9.17) is 0 Å². The second-order valence-corrected chi connectivity index (χ2v) is 4.41. The molecule has 5 heteroatoms. The summed E-state index contributed by atoms with van der Waals surface area (Å²) in [6.45, 7) is 4.38. The van der Waals surface area contributed by atoms with E-state index in [0.717, 1.165) is 22.4 Å². The second kappa shape index (κ2) is 4.49. The van der Waals surface area contributed by atoms with Gasteiger partial charge >= 0.3 is 0 Å². The van der Waals surface area contributed by atoms with Crippen molar-refractivity contribution in [1.82, 2.24) is 15.5 Å². The molecule has 0 bridgehead atoms. The van der Waals surface area contributed by atoms with E-state index in [2.05, 4.69) is 15.5 Å². The van der Waals surface area contributed by atoms with E-state index in [1.807, 2.05) is 24.6 Å². The number of carbonyl (C=O) groups is 1. The molecule has 16 heavy (non-hydrogen) atoms. The van der Waals surface area contributed by atoms with Gasteiger partial charge in [-0.3, -0.25) is 9.89 Å². The third-order valence-corrected chi connectivity index (χ3v) is 3.34. The molecule has 0 unspecified atom stereocenters. The van der Waals surface area contributed by atoms with Gasteiger partial charge in [-0.05, 0) is 24.8 Å². The number of rotatable bonds is 3. The summed E-state index contributed by atoms with van der Waals surface area (Å²) in [6.07, 6.45) is 1.73. The summed E-state index contributed by atoms with van der Waals surface area (Å²) >= 11 is 1.54. The van der Waals surface area contributed by atoms with Crippen LogP contribution in [0.25, 0.3) is 0 Å². The lowest BCUT2D eigenvalue weighted by molar-refractivity contribution is 0.0951. The normalized spacial score (nSPS) is 10.4. The SMILES string of the molecule is Cc1cscc1C(=O)NCc1cn[nH]c1C. The standard InChI is InChI=1S/C11H13N3OS/c1-7-5-16-6-10(7)11(15)12-3-9-4-13-14-8(9)2/h4-6H,3H2,1-2H3,(H,12,15)(H,13,14). The average molecular weight is 235 g/mol. The van der Waals surface area contributed by atoms with Gasteiger partial charge in [0.15, 0.2) is 0 Å². The maximum Gasteiger partial charge on any atom is 0.252 e. The summed E-state index contributed by atoms with van der Waals surface area (Å²) < 4.78 is 0. The van der Waals surface area contributed by atoms with Crippen molar-refractivity contribution in [3.05, 3.63) is 39.3 Å². The highest BCUT2D eigenvalue weighted by Gasteiger charge is 2.10. The summed E-state index contributed by atoms with van der Waals surface area (Å²) in [5, 5.41) is 13.5. The van der Waals surface area contributed by atoms with Gasteiger partial charge in [0, 0.05) is 23.2 Å². The van der Waals surface area contributed by atoms with Crippen LogP contribution in [0.5, 0.6) is 0 Å². The minimum Gasteiger partial charge on any atom is -0.348 e. The molecule has 2 rings (SSSR count). The molecule has 4 nitrogen and oxygen atoms in total. The van der Waals surface area contributed by atoms with Crippen LogP contribution in [0.15, 0.2) is 17.0 Å². The van der Waals surface area contributed by atoms with Crippen LogP contribution in [-0.2, 0) is 6.54 Å². The molecule has 0 fully saturated rings. The fourth-order valence-corrected chi connectivity index (χ4v) is 2.25. The largest absolute Gasteiger partial charge is 0.348 e. The lowest BCUT2D eigenvalue weighted by Crippen LogP contribution is -2.23. The number of hydrogen-bond acceptors (Lipinski definition) is 3. The Kier molecular flexibility index (Phi) is 3.05. The molecule has 84 valence electrons. The van der Waals surface area contributed by atoms with Gasteiger partial charge in [-0.15, -0.1) is 0 Å². The minimum absolute atomic E-state index is 0.0284. The van der Waals surface area contributed by atoms with Crippen LogP contribution in [0, 0.1) is 13.8 Å². The van der Waals surface area contributed by atoms with E-state index in [1.54, 1.807) is 17.5 Å². The second-order valence-electron chi connectivity index (χ2n) is 3.67. The lowest BCUT2D eigenvalue weighted by atomic mass is 10.2. The Labute approximate surface area is 97.7 Å². The molecule has 0 saturated carbocycles. The third-order valence-electron chi connectivity index (χ3n) is 2.47. The maximum absolute atomic E-state index is 11.8. The average Bonchev–Trinajstić information content (AvgIpc) is 2.84. The Morgan fingerprint density at radius 1 is 1.50 bits per heavy atom. The first-order valence-electron chi connectivity index (χ1n) is 4.98. The Morgan fingerprint density at radius 2 is 2.31 bits per heavy atom. The summed E-state index contributed by atoms with van der Waals surface area (Å²) in [4.78, 5) is 11.8.